The largest absolute Gasteiger partial charge is 0.392 e. The van der Waals surface area contributed by atoms with E-state index in [4.69, 9.17) is 16.7 Å². The second-order valence-electron chi connectivity index (χ2n) is 4.58. The predicted octanol–water partition coefficient (Wildman–Crippen LogP) is 2.64. The van der Waals surface area contributed by atoms with E-state index in [9.17, 15) is 8.42 Å². The molecule has 1 aromatic heterocycles. The van der Waals surface area contributed by atoms with Gasteiger partial charge in [0.2, 0.25) is 10.0 Å². The molecule has 0 saturated carbocycles. The van der Waals surface area contributed by atoms with Crippen LogP contribution in [0.5, 0.6) is 0 Å². The summed E-state index contributed by atoms with van der Waals surface area (Å²) in [5, 5.41) is 9.91. The number of aryl methyl sites for hydroxylation is 1. The summed E-state index contributed by atoms with van der Waals surface area (Å²) in [5.74, 6) is 0. The molecule has 1 heterocycles. The van der Waals surface area contributed by atoms with Crippen molar-refractivity contribution < 1.29 is 13.5 Å². The summed E-state index contributed by atoms with van der Waals surface area (Å²) in [4.78, 5) is 5.13. The van der Waals surface area contributed by atoms with E-state index < -0.39 is 16.1 Å². The van der Waals surface area contributed by atoms with Crippen LogP contribution in [0.3, 0.4) is 0 Å². The molecule has 114 valence electrons. The van der Waals surface area contributed by atoms with E-state index in [0.29, 0.717) is 10.6 Å². The van der Waals surface area contributed by atoms with E-state index in [0.717, 1.165) is 4.88 Å². The number of halogens is 1. The Kier molecular flexibility index (Phi) is 5.00. The van der Waals surface area contributed by atoms with Crippen LogP contribution in [0.4, 0.5) is 0 Å². The van der Waals surface area contributed by atoms with Gasteiger partial charge in [-0.05, 0) is 31.5 Å². The molecule has 0 aliphatic heterocycles. The molecule has 0 radical (unpaired) electrons. The Bertz CT molecular complexity index is 744. The average molecular weight is 347 g/mol. The van der Waals surface area contributed by atoms with Crippen molar-refractivity contribution in [3.63, 3.8) is 0 Å². The first kappa shape index (κ1) is 16.4. The minimum Gasteiger partial charge on any atom is -0.392 e. The van der Waals surface area contributed by atoms with Gasteiger partial charge in [-0.1, -0.05) is 17.7 Å². The topological polar surface area (TPSA) is 79.3 Å². The molecule has 8 heteroatoms. The van der Waals surface area contributed by atoms with Crippen LogP contribution < -0.4 is 4.72 Å². The van der Waals surface area contributed by atoms with Crippen LogP contribution in [0.25, 0.3) is 0 Å². The highest BCUT2D eigenvalue weighted by Crippen LogP contribution is 2.26. The lowest BCUT2D eigenvalue weighted by Crippen LogP contribution is -2.27. The number of aliphatic hydroxyl groups excluding tert-OH is 1. The van der Waals surface area contributed by atoms with Crippen LogP contribution in [0.1, 0.15) is 28.4 Å². The molecule has 0 saturated heterocycles. The average Bonchev–Trinajstić information content (AvgIpc) is 2.85. The second-order valence-corrected chi connectivity index (χ2v) is 7.93. The second kappa shape index (κ2) is 6.41. The fourth-order valence-corrected chi connectivity index (χ4v) is 4.38. The zero-order valence-electron chi connectivity index (χ0n) is 11.5. The monoisotopic (exact) mass is 346 g/mol. The van der Waals surface area contributed by atoms with Crippen molar-refractivity contribution in [3.05, 3.63) is 44.9 Å². The van der Waals surface area contributed by atoms with Crippen LogP contribution in [0.15, 0.2) is 29.3 Å². The summed E-state index contributed by atoms with van der Waals surface area (Å²) in [6.07, 6.45) is 1.70. The molecule has 0 fully saturated rings. The first-order chi connectivity index (χ1) is 9.83. The Morgan fingerprint density at radius 2 is 2.19 bits per heavy atom. The molecule has 0 bridgehead atoms. The number of rotatable bonds is 5. The van der Waals surface area contributed by atoms with Crippen molar-refractivity contribution in [2.75, 3.05) is 0 Å². The molecular weight excluding hydrogens is 332 g/mol. The smallest absolute Gasteiger partial charge is 0.242 e. The number of nitrogens with one attached hydrogen (secondary N) is 1. The molecular formula is C13H15ClN2O3S2. The summed E-state index contributed by atoms with van der Waals surface area (Å²) < 4.78 is 27.4. The molecule has 0 amide bonds. The number of hydrogen-bond acceptors (Lipinski definition) is 5. The molecule has 1 unspecified atom stereocenters. The third kappa shape index (κ3) is 3.81. The Balaban J connectivity index is 2.30. The normalized spacial score (nSPS) is 13.3. The van der Waals surface area contributed by atoms with Crippen molar-refractivity contribution in [1.82, 2.24) is 9.71 Å². The van der Waals surface area contributed by atoms with Gasteiger partial charge in [-0.3, -0.25) is 0 Å². The first-order valence-corrected chi connectivity index (χ1v) is 8.85. The Morgan fingerprint density at radius 1 is 1.48 bits per heavy atom. The third-order valence-corrected chi connectivity index (χ3v) is 5.93. The van der Waals surface area contributed by atoms with Crippen molar-refractivity contribution in [3.8, 4) is 0 Å². The van der Waals surface area contributed by atoms with E-state index in [1.807, 2.05) is 6.92 Å². The molecule has 5 nitrogen and oxygen atoms in total. The standard InChI is InChI=1S/C13H15ClN2O3S2/c1-8-6-15-13(20-8)9(2)16-21(18,19)12-5-10(7-17)3-4-11(12)14/h3-6,9,16-17H,7H2,1-2H3. The Morgan fingerprint density at radius 3 is 2.76 bits per heavy atom. The molecule has 1 atom stereocenters. The van der Waals surface area contributed by atoms with Crippen molar-refractivity contribution in [2.45, 2.75) is 31.4 Å². The van der Waals surface area contributed by atoms with Crippen molar-refractivity contribution >= 4 is 33.0 Å². The lowest BCUT2D eigenvalue weighted by molar-refractivity contribution is 0.281. The summed E-state index contributed by atoms with van der Waals surface area (Å²) in [6, 6.07) is 3.95. The Labute approximate surface area is 132 Å². The number of benzene rings is 1. The maximum atomic E-state index is 12.4. The molecule has 2 N–H and O–H groups in total. The number of aliphatic hydroxyl groups is 1. The minimum atomic E-state index is -3.79. The van der Waals surface area contributed by atoms with Gasteiger partial charge < -0.3 is 5.11 Å². The molecule has 0 aliphatic rings. The number of aromatic nitrogens is 1. The lowest BCUT2D eigenvalue weighted by atomic mass is 10.2. The summed E-state index contributed by atoms with van der Waals surface area (Å²) >= 11 is 7.39. The van der Waals surface area contributed by atoms with Crippen LogP contribution in [-0.4, -0.2) is 18.5 Å². The highest BCUT2D eigenvalue weighted by Gasteiger charge is 2.22. The number of thiazole rings is 1. The van der Waals surface area contributed by atoms with Crippen LogP contribution in [0.2, 0.25) is 5.02 Å². The van der Waals surface area contributed by atoms with Gasteiger partial charge in [0.05, 0.1) is 17.7 Å². The molecule has 2 rings (SSSR count). The molecule has 0 spiro atoms. The van der Waals surface area contributed by atoms with E-state index in [-0.39, 0.29) is 16.5 Å². The van der Waals surface area contributed by atoms with E-state index >= 15 is 0 Å². The summed E-state index contributed by atoms with van der Waals surface area (Å²) in [6.45, 7) is 3.38. The summed E-state index contributed by atoms with van der Waals surface area (Å²) in [7, 11) is -3.79. The molecule has 21 heavy (non-hydrogen) atoms. The predicted molar refractivity (Wildman–Crippen MR) is 83.0 cm³/mol. The van der Waals surface area contributed by atoms with Crippen LogP contribution in [0, 0.1) is 6.92 Å². The number of sulfonamides is 1. The van der Waals surface area contributed by atoms with Crippen molar-refractivity contribution in [2.24, 2.45) is 0 Å². The zero-order valence-corrected chi connectivity index (χ0v) is 13.9. The minimum absolute atomic E-state index is 0.0455. The fourth-order valence-electron chi connectivity index (χ4n) is 1.77. The zero-order chi connectivity index (χ0) is 15.6. The van der Waals surface area contributed by atoms with E-state index in [1.54, 1.807) is 19.2 Å². The van der Waals surface area contributed by atoms with E-state index in [2.05, 4.69) is 9.71 Å². The van der Waals surface area contributed by atoms with Gasteiger partial charge >= 0.3 is 0 Å². The van der Waals surface area contributed by atoms with Gasteiger partial charge in [-0.15, -0.1) is 11.3 Å². The van der Waals surface area contributed by atoms with Crippen LogP contribution in [-0.2, 0) is 16.6 Å². The highest BCUT2D eigenvalue weighted by atomic mass is 35.5. The van der Waals surface area contributed by atoms with Gasteiger partial charge in [-0.2, -0.15) is 0 Å². The first-order valence-electron chi connectivity index (χ1n) is 6.17. The third-order valence-electron chi connectivity index (χ3n) is 2.81. The maximum Gasteiger partial charge on any atom is 0.242 e. The lowest BCUT2D eigenvalue weighted by Gasteiger charge is -2.13. The quantitative estimate of drug-likeness (QED) is 0.872. The van der Waals surface area contributed by atoms with Crippen LogP contribution >= 0.6 is 22.9 Å². The SMILES string of the molecule is Cc1cnc(C(C)NS(=O)(=O)c2cc(CO)ccc2Cl)s1. The van der Waals surface area contributed by atoms with Gasteiger partial charge in [0.15, 0.2) is 0 Å². The van der Waals surface area contributed by atoms with Gasteiger partial charge in [0.25, 0.3) is 0 Å². The Hall–Kier alpha value is -0.990. The molecule has 1 aromatic carbocycles. The summed E-state index contributed by atoms with van der Waals surface area (Å²) in [5.41, 5.74) is 0.484. The maximum absolute atomic E-state index is 12.4. The fraction of sp³-hybridized carbons (Fsp3) is 0.308. The molecule has 2 aromatic rings. The number of hydrogen-bond donors (Lipinski definition) is 2. The number of nitrogens with zero attached hydrogens (tertiary/aromatic N) is 1. The van der Waals surface area contributed by atoms with Crippen molar-refractivity contribution in [1.29, 1.82) is 0 Å². The van der Waals surface area contributed by atoms with Gasteiger partial charge in [0, 0.05) is 11.1 Å². The van der Waals surface area contributed by atoms with E-state index in [1.165, 1.54) is 23.5 Å². The molecule has 0 aliphatic carbocycles. The van der Waals surface area contributed by atoms with Gasteiger partial charge in [0.1, 0.15) is 9.90 Å². The van der Waals surface area contributed by atoms with Gasteiger partial charge in [-0.25, -0.2) is 18.1 Å². The highest BCUT2D eigenvalue weighted by molar-refractivity contribution is 7.89.